The Morgan fingerprint density at radius 1 is 1.00 bits per heavy atom. The summed E-state index contributed by atoms with van der Waals surface area (Å²) in [6, 6.07) is 3.79. The maximum absolute atomic E-state index is 6.66. The van der Waals surface area contributed by atoms with Crippen molar-refractivity contribution in [2.45, 2.75) is 13.8 Å². The van der Waals surface area contributed by atoms with Gasteiger partial charge in [0.1, 0.15) is 16.9 Å². The van der Waals surface area contributed by atoms with Crippen LogP contribution in [0.1, 0.15) is 11.4 Å². The van der Waals surface area contributed by atoms with E-state index in [0.29, 0.717) is 21.7 Å². The van der Waals surface area contributed by atoms with Crippen LogP contribution >= 0.6 is 11.6 Å². The molecule has 1 N–H and O–H groups in total. The Labute approximate surface area is 149 Å². The summed E-state index contributed by atoms with van der Waals surface area (Å²) < 4.78 is 0. The molecule has 8 heteroatoms. The Hall–Kier alpha value is -2.80. The number of hydrogen-bond donors (Lipinski definition) is 1. The Balaban J connectivity index is 1.98. The maximum Gasteiger partial charge on any atom is 0.200 e. The van der Waals surface area contributed by atoms with E-state index in [0.717, 1.165) is 34.0 Å². The minimum Gasteiger partial charge on any atom is -0.361 e. The number of benzene rings is 1. The molecule has 0 bridgehead atoms. The van der Waals surface area contributed by atoms with Gasteiger partial charge in [0.25, 0.3) is 0 Å². The molecule has 0 aliphatic heterocycles. The first-order valence-corrected chi connectivity index (χ1v) is 8.15. The Bertz CT molecular complexity index is 1120. The van der Waals surface area contributed by atoms with Crippen LogP contribution < -0.4 is 4.90 Å². The third-order valence-corrected chi connectivity index (χ3v) is 4.55. The van der Waals surface area contributed by atoms with Gasteiger partial charge in [0.2, 0.25) is 5.65 Å². The second kappa shape index (κ2) is 5.63. The number of aromatic nitrogens is 6. The van der Waals surface area contributed by atoms with Crippen molar-refractivity contribution in [1.82, 2.24) is 30.1 Å². The lowest BCUT2D eigenvalue weighted by Crippen LogP contribution is -2.11. The van der Waals surface area contributed by atoms with Gasteiger partial charge in [0, 0.05) is 19.7 Å². The number of rotatable bonds is 2. The number of nitrogens with zero attached hydrogens (tertiary/aromatic N) is 6. The van der Waals surface area contributed by atoms with Gasteiger partial charge in [0.05, 0.1) is 33.8 Å². The highest BCUT2D eigenvalue weighted by atomic mass is 35.5. The Kier molecular flexibility index (Phi) is 3.54. The van der Waals surface area contributed by atoms with Crippen LogP contribution in [0.2, 0.25) is 5.02 Å². The molecule has 0 fully saturated rings. The van der Waals surface area contributed by atoms with Crippen LogP contribution in [-0.2, 0) is 0 Å². The first-order chi connectivity index (χ1) is 12.0. The van der Waals surface area contributed by atoms with E-state index in [1.807, 2.05) is 45.0 Å². The van der Waals surface area contributed by atoms with Crippen molar-refractivity contribution in [3.05, 3.63) is 34.7 Å². The van der Waals surface area contributed by atoms with Crippen LogP contribution in [0, 0.1) is 13.8 Å². The minimum atomic E-state index is 0.513. The van der Waals surface area contributed by atoms with E-state index in [9.17, 15) is 0 Å². The lowest BCUT2D eigenvalue weighted by molar-refractivity contribution is 1.06. The molecular weight excluding hydrogens is 338 g/mol. The molecule has 3 aromatic heterocycles. The summed E-state index contributed by atoms with van der Waals surface area (Å²) in [5, 5.41) is 7.78. The number of aryl methyl sites for hydroxylation is 2. The van der Waals surface area contributed by atoms with E-state index < -0.39 is 0 Å². The summed E-state index contributed by atoms with van der Waals surface area (Å²) >= 11 is 6.66. The second-order valence-electron chi connectivity index (χ2n) is 6.08. The molecule has 0 spiro atoms. The summed E-state index contributed by atoms with van der Waals surface area (Å²) in [5.41, 5.74) is 5.88. The average molecular weight is 354 g/mol. The first kappa shape index (κ1) is 15.7. The molecule has 4 rings (SSSR count). The standard InChI is InChI=1S/C17H16ClN7/c1-8-9(2)21-17-16(20-8)14(23-24-17)10-5-6-11-15(13(10)18)22-12(7-19-11)25(3)4/h5-7H,1-4H3,(H,21,23,24). The molecule has 0 aliphatic carbocycles. The monoisotopic (exact) mass is 353 g/mol. The highest BCUT2D eigenvalue weighted by Crippen LogP contribution is 2.35. The quantitative estimate of drug-likeness (QED) is 0.595. The summed E-state index contributed by atoms with van der Waals surface area (Å²) in [7, 11) is 3.83. The van der Waals surface area contributed by atoms with Crippen molar-refractivity contribution in [2.24, 2.45) is 0 Å². The summed E-state index contributed by atoms with van der Waals surface area (Å²) in [6.07, 6.45) is 1.72. The van der Waals surface area contributed by atoms with Crippen molar-refractivity contribution in [2.75, 3.05) is 19.0 Å². The van der Waals surface area contributed by atoms with Crippen molar-refractivity contribution >= 4 is 39.6 Å². The summed E-state index contributed by atoms with van der Waals surface area (Å²) in [4.78, 5) is 20.0. The van der Waals surface area contributed by atoms with Gasteiger partial charge in [-0.05, 0) is 26.0 Å². The molecule has 1 aromatic carbocycles. The van der Waals surface area contributed by atoms with Gasteiger partial charge in [-0.3, -0.25) is 10.1 Å². The predicted molar refractivity (Wildman–Crippen MR) is 99.0 cm³/mol. The summed E-state index contributed by atoms with van der Waals surface area (Å²) in [6.45, 7) is 3.84. The van der Waals surface area contributed by atoms with Crippen molar-refractivity contribution in [1.29, 1.82) is 0 Å². The average Bonchev–Trinajstić information content (AvgIpc) is 2.98. The first-order valence-electron chi connectivity index (χ1n) is 7.78. The molecule has 3 heterocycles. The Morgan fingerprint density at radius 2 is 1.76 bits per heavy atom. The third kappa shape index (κ3) is 2.47. The minimum absolute atomic E-state index is 0.513. The molecular formula is C17H16ClN7. The summed E-state index contributed by atoms with van der Waals surface area (Å²) in [5.74, 6) is 0.743. The number of nitrogens with one attached hydrogen (secondary N) is 1. The van der Waals surface area contributed by atoms with E-state index in [-0.39, 0.29) is 0 Å². The van der Waals surface area contributed by atoms with Crippen LogP contribution in [0.5, 0.6) is 0 Å². The number of halogens is 1. The molecule has 0 saturated carbocycles. The van der Waals surface area contributed by atoms with Gasteiger partial charge in [-0.15, -0.1) is 0 Å². The molecule has 0 aliphatic rings. The zero-order valence-corrected chi connectivity index (χ0v) is 15.0. The van der Waals surface area contributed by atoms with Gasteiger partial charge in [-0.25, -0.2) is 15.0 Å². The molecule has 0 saturated heterocycles. The van der Waals surface area contributed by atoms with E-state index in [2.05, 4.69) is 30.1 Å². The van der Waals surface area contributed by atoms with E-state index >= 15 is 0 Å². The van der Waals surface area contributed by atoms with Crippen molar-refractivity contribution in [3.63, 3.8) is 0 Å². The molecule has 0 atom stereocenters. The zero-order chi connectivity index (χ0) is 17.7. The highest BCUT2D eigenvalue weighted by Gasteiger charge is 2.17. The molecule has 126 valence electrons. The van der Waals surface area contributed by atoms with Gasteiger partial charge >= 0.3 is 0 Å². The fraction of sp³-hybridized carbons (Fsp3) is 0.235. The van der Waals surface area contributed by atoms with Gasteiger partial charge in [-0.1, -0.05) is 11.6 Å². The maximum atomic E-state index is 6.66. The Morgan fingerprint density at radius 3 is 2.52 bits per heavy atom. The topological polar surface area (TPSA) is 83.5 Å². The SMILES string of the molecule is Cc1nc2n[nH]c(-c3ccc4ncc(N(C)C)nc4c3Cl)c2nc1C. The van der Waals surface area contributed by atoms with Crippen molar-refractivity contribution < 1.29 is 0 Å². The second-order valence-corrected chi connectivity index (χ2v) is 6.46. The normalized spacial score (nSPS) is 11.4. The van der Waals surface area contributed by atoms with Gasteiger partial charge in [0.15, 0.2) is 0 Å². The lowest BCUT2D eigenvalue weighted by Gasteiger charge is -2.12. The molecule has 4 aromatic rings. The molecule has 25 heavy (non-hydrogen) atoms. The molecule has 7 nitrogen and oxygen atoms in total. The predicted octanol–water partition coefficient (Wildman–Crippen LogP) is 3.30. The molecule has 0 amide bonds. The van der Waals surface area contributed by atoms with E-state index in [1.165, 1.54) is 0 Å². The molecule has 0 radical (unpaired) electrons. The van der Waals surface area contributed by atoms with Crippen LogP contribution in [0.4, 0.5) is 5.82 Å². The molecule has 0 unspecified atom stereocenters. The van der Waals surface area contributed by atoms with Gasteiger partial charge in [-0.2, -0.15) is 5.10 Å². The van der Waals surface area contributed by atoms with Crippen LogP contribution in [-0.4, -0.2) is 44.2 Å². The largest absolute Gasteiger partial charge is 0.361 e. The third-order valence-electron chi connectivity index (χ3n) is 4.17. The fourth-order valence-electron chi connectivity index (χ4n) is 2.63. The number of aromatic amines is 1. The van der Waals surface area contributed by atoms with Gasteiger partial charge < -0.3 is 4.90 Å². The smallest absolute Gasteiger partial charge is 0.200 e. The zero-order valence-electron chi connectivity index (χ0n) is 14.3. The van der Waals surface area contributed by atoms with E-state index in [1.54, 1.807) is 6.20 Å². The number of H-pyrrole nitrogens is 1. The number of fused-ring (bicyclic) bond motifs is 2. The van der Waals surface area contributed by atoms with E-state index in [4.69, 9.17) is 11.6 Å². The number of hydrogen-bond acceptors (Lipinski definition) is 6. The van der Waals surface area contributed by atoms with Crippen molar-refractivity contribution in [3.8, 4) is 11.3 Å². The highest BCUT2D eigenvalue weighted by molar-refractivity contribution is 6.38. The van der Waals surface area contributed by atoms with Crippen LogP contribution in [0.25, 0.3) is 33.5 Å². The number of anilines is 1. The lowest BCUT2D eigenvalue weighted by atomic mass is 10.1. The van der Waals surface area contributed by atoms with Crippen LogP contribution in [0.15, 0.2) is 18.3 Å². The van der Waals surface area contributed by atoms with Crippen LogP contribution in [0.3, 0.4) is 0 Å². The fourth-order valence-corrected chi connectivity index (χ4v) is 2.93.